The molecule has 0 aromatic heterocycles. The molecule has 0 saturated heterocycles. The summed E-state index contributed by atoms with van der Waals surface area (Å²) >= 11 is 0. The van der Waals surface area contributed by atoms with Crippen molar-refractivity contribution in [3.63, 3.8) is 0 Å². The Labute approximate surface area is 183 Å². The van der Waals surface area contributed by atoms with Crippen LogP contribution in [0.4, 0.5) is 0 Å². The fourth-order valence-electron chi connectivity index (χ4n) is 4.27. The highest BCUT2D eigenvalue weighted by molar-refractivity contribution is 5.69. The minimum atomic E-state index is -0.574. The summed E-state index contributed by atoms with van der Waals surface area (Å²) < 4.78 is 0. The van der Waals surface area contributed by atoms with Gasteiger partial charge in [-0.05, 0) is 18.8 Å². The number of unbranched alkanes of at least 4 members (excludes halogenated alkanes) is 16. The van der Waals surface area contributed by atoms with E-state index in [0.717, 1.165) is 31.6 Å². The van der Waals surface area contributed by atoms with Crippen LogP contribution in [0.2, 0.25) is 0 Å². The Hall–Kier alpha value is -0.530. The molecule has 1 N–H and O–H groups in total. The van der Waals surface area contributed by atoms with Crippen molar-refractivity contribution < 1.29 is 9.90 Å². The van der Waals surface area contributed by atoms with Crippen LogP contribution in [0.1, 0.15) is 156 Å². The summed E-state index contributed by atoms with van der Waals surface area (Å²) in [7, 11) is 0. The maximum atomic E-state index is 11.4. The fraction of sp³-hybridized carbons (Fsp3) is 0.963. The van der Waals surface area contributed by atoms with E-state index in [4.69, 9.17) is 0 Å². The van der Waals surface area contributed by atoms with E-state index in [2.05, 4.69) is 20.8 Å². The molecule has 0 radical (unpaired) electrons. The van der Waals surface area contributed by atoms with Gasteiger partial charge >= 0.3 is 5.97 Å². The average Bonchev–Trinajstić information content (AvgIpc) is 2.68. The van der Waals surface area contributed by atoms with E-state index in [1.807, 2.05) is 0 Å². The third-order valence-corrected chi connectivity index (χ3v) is 6.34. The Morgan fingerprint density at radius 1 is 0.552 bits per heavy atom. The lowest BCUT2D eigenvalue weighted by Gasteiger charge is -2.12. The topological polar surface area (TPSA) is 37.3 Å². The van der Waals surface area contributed by atoms with Crippen LogP contribution < -0.4 is 0 Å². The number of carbonyl (C=O) groups is 1. The van der Waals surface area contributed by atoms with Crippen molar-refractivity contribution in [3.8, 4) is 0 Å². The molecule has 0 aromatic rings. The third-order valence-electron chi connectivity index (χ3n) is 6.34. The summed E-state index contributed by atoms with van der Waals surface area (Å²) in [4.78, 5) is 11.4. The zero-order chi connectivity index (χ0) is 21.6. The molecular formula is C27H54O2. The SMILES string of the molecule is CCCCCCCCCCCCCCCCCCC(CCCCC(C)C)C(=O)O. The molecule has 174 valence electrons. The number of hydrogen-bond donors (Lipinski definition) is 1. The van der Waals surface area contributed by atoms with Crippen molar-refractivity contribution in [1.29, 1.82) is 0 Å². The second-order valence-electron chi connectivity index (χ2n) is 9.81. The van der Waals surface area contributed by atoms with Crippen LogP contribution >= 0.6 is 0 Å². The van der Waals surface area contributed by atoms with Gasteiger partial charge < -0.3 is 5.11 Å². The van der Waals surface area contributed by atoms with Gasteiger partial charge in [0.2, 0.25) is 0 Å². The first-order valence-electron chi connectivity index (χ1n) is 13.3. The highest BCUT2D eigenvalue weighted by Crippen LogP contribution is 2.20. The van der Waals surface area contributed by atoms with Crippen molar-refractivity contribution in [2.45, 2.75) is 156 Å². The zero-order valence-corrected chi connectivity index (χ0v) is 20.4. The summed E-state index contributed by atoms with van der Waals surface area (Å²) in [5, 5.41) is 9.41. The molecular weight excluding hydrogens is 356 g/mol. The number of hydrogen-bond acceptors (Lipinski definition) is 1. The second-order valence-corrected chi connectivity index (χ2v) is 9.81. The predicted octanol–water partition coefficient (Wildman–Crippen LogP) is 9.56. The standard InChI is InChI=1S/C27H54O2/c1-4-5-6-7-8-9-10-11-12-13-14-15-16-17-18-19-23-26(27(28)29)24-21-20-22-25(2)3/h25-26H,4-24H2,1-3H3,(H,28,29). The second kappa shape index (κ2) is 22.2. The lowest BCUT2D eigenvalue weighted by molar-refractivity contribution is -0.142. The maximum absolute atomic E-state index is 11.4. The lowest BCUT2D eigenvalue weighted by Crippen LogP contribution is -2.13. The molecule has 0 aliphatic carbocycles. The van der Waals surface area contributed by atoms with Crippen LogP contribution in [-0.4, -0.2) is 11.1 Å². The Kier molecular flexibility index (Phi) is 21.8. The van der Waals surface area contributed by atoms with Gasteiger partial charge in [-0.3, -0.25) is 4.79 Å². The van der Waals surface area contributed by atoms with Gasteiger partial charge in [0.25, 0.3) is 0 Å². The molecule has 29 heavy (non-hydrogen) atoms. The molecule has 0 bridgehead atoms. The van der Waals surface area contributed by atoms with Crippen LogP contribution in [0, 0.1) is 11.8 Å². The van der Waals surface area contributed by atoms with Gasteiger partial charge in [0.15, 0.2) is 0 Å². The van der Waals surface area contributed by atoms with Gasteiger partial charge in [-0.2, -0.15) is 0 Å². The quantitative estimate of drug-likeness (QED) is 0.170. The predicted molar refractivity (Wildman–Crippen MR) is 129 cm³/mol. The monoisotopic (exact) mass is 410 g/mol. The smallest absolute Gasteiger partial charge is 0.306 e. The summed E-state index contributed by atoms with van der Waals surface area (Å²) in [6.07, 6.45) is 27.2. The van der Waals surface area contributed by atoms with E-state index in [1.54, 1.807) is 0 Å². The van der Waals surface area contributed by atoms with Crippen molar-refractivity contribution in [1.82, 2.24) is 0 Å². The minimum Gasteiger partial charge on any atom is -0.481 e. The van der Waals surface area contributed by atoms with E-state index < -0.39 is 5.97 Å². The van der Waals surface area contributed by atoms with E-state index in [-0.39, 0.29) is 5.92 Å². The van der Waals surface area contributed by atoms with Crippen LogP contribution in [0.15, 0.2) is 0 Å². The van der Waals surface area contributed by atoms with Gasteiger partial charge in [0, 0.05) is 0 Å². The molecule has 1 atom stereocenters. The molecule has 2 heteroatoms. The minimum absolute atomic E-state index is 0.103. The van der Waals surface area contributed by atoms with Crippen molar-refractivity contribution >= 4 is 5.97 Å². The fourth-order valence-corrected chi connectivity index (χ4v) is 4.27. The number of aliphatic carboxylic acids is 1. The Bertz CT molecular complexity index is 337. The van der Waals surface area contributed by atoms with E-state index >= 15 is 0 Å². The van der Waals surface area contributed by atoms with Gasteiger partial charge in [-0.25, -0.2) is 0 Å². The van der Waals surface area contributed by atoms with Gasteiger partial charge in [0.1, 0.15) is 0 Å². The average molecular weight is 411 g/mol. The number of carboxylic acids is 1. The first-order chi connectivity index (χ1) is 14.1. The molecule has 1 unspecified atom stereocenters. The molecule has 0 aromatic carbocycles. The lowest BCUT2D eigenvalue weighted by atomic mass is 9.93. The van der Waals surface area contributed by atoms with Crippen LogP contribution in [-0.2, 0) is 4.79 Å². The van der Waals surface area contributed by atoms with E-state index in [1.165, 1.54) is 109 Å². The summed E-state index contributed by atoms with van der Waals surface area (Å²) in [6, 6.07) is 0. The third kappa shape index (κ3) is 22.0. The van der Waals surface area contributed by atoms with Crippen LogP contribution in [0.5, 0.6) is 0 Å². The molecule has 0 aliphatic rings. The Morgan fingerprint density at radius 3 is 1.21 bits per heavy atom. The Balaban J connectivity index is 3.34. The molecule has 0 saturated carbocycles. The highest BCUT2D eigenvalue weighted by atomic mass is 16.4. The summed E-state index contributed by atoms with van der Waals surface area (Å²) in [5.74, 6) is 0.0583. The largest absolute Gasteiger partial charge is 0.481 e. The molecule has 0 rings (SSSR count). The first-order valence-corrected chi connectivity index (χ1v) is 13.3. The van der Waals surface area contributed by atoms with Crippen molar-refractivity contribution in [2.75, 3.05) is 0 Å². The van der Waals surface area contributed by atoms with Crippen molar-refractivity contribution in [3.05, 3.63) is 0 Å². The molecule has 0 spiro atoms. The first kappa shape index (κ1) is 28.5. The highest BCUT2D eigenvalue weighted by Gasteiger charge is 2.16. The van der Waals surface area contributed by atoms with Crippen molar-refractivity contribution in [2.24, 2.45) is 11.8 Å². The molecule has 0 amide bonds. The maximum Gasteiger partial charge on any atom is 0.306 e. The van der Waals surface area contributed by atoms with Gasteiger partial charge in [-0.15, -0.1) is 0 Å². The van der Waals surface area contributed by atoms with E-state index in [9.17, 15) is 9.90 Å². The molecule has 2 nitrogen and oxygen atoms in total. The Morgan fingerprint density at radius 2 is 0.862 bits per heavy atom. The van der Waals surface area contributed by atoms with Gasteiger partial charge in [-0.1, -0.05) is 143 Å². The number of rotatable bonds is 23. The van der Waals surface area contributed by atoms with Crippen LogP contribution in [0.25, 0.3) is 0 Å². The summed E-state index contributed by atoms with van der Waals surface area (Å²) in [6.45, 7) is 6.77. The van der Waals surface area contributed by atoms with E-state index in [0.29, 0.717) is 0 Å². The molecule has 0 fully saturated rings. The number of carboxylic acid groups (broad SMARTS) is 1. The molecule has 0 aliphatic heterocycles. The normalized spacial score (nSPS) is 12.6. The van der Waals surface area contributed by atoms with Crippen LogP contribution in [0.3, 0.4) is 0 Å². The zero-order valence-electron chi connectivity index (χ0n) is 20.4. The molecule has 0 heterocycles. The van der Waals surface area contributed by atoms with Gasteiger partial charge in [0.05, 0.1) is 5.92 Å². The summed E-state index contributed by atoms with van der Waals surface area (Å²) in [5.41, 5.74) is 0.